The van der Waals surface area contributed by atoms with E-state index in [0.717, 1.165) is 12.8 Å². The second-order valence-electron chi connectivity index (χ2n) is 8.72. The Bertz CT molecular complexity index is 1150. The number of alkyl halides is 2. The highest BCUT2D eigenvalue weighted by Crippen LogP contribution is 2.43. The molecule has 2 aliphatic carbocycles. The molecule has 9 heteroatoms. The van der Waals surface area contributed by atoms with Crippen molar-refractivity contribution in [2.24, 2.45) is 11.8 Å². The SMILES string of the molecule is C[C@H](Nc1ncnc2[nH]cc(C(=O)c3ccc(CC4CC(F)(F)C4)nc3F)c12)C1CC1. The number of aromatic amines is 1. The summed E-state index contributed by atoms with van der Waals surface area (Å²) < 4.78 is 40.8. The standard InChI is InChI=1S/C22H22F3N5O/c1-11(13-2-3-13)29-21-17-16(9-26-20(17)27-10-28-21)18(31)15-5-4-14(30-19(15)23)6-12-7-22(24,25)8-12/h4-5,9-13H,2-3,6-8H2,1H3,(H2,26,27,28,29)/t11-/m0/s1. The molecule has 0 aromatic carbocycles. The maximum absolute atomic E-state index is 14.7. The Morgan fingerprint density at radius 2 is 2.03 bits per heavy atom. The van der Waals surface area contributed by atoms with Gasteiger partial charge in [0.15, 0.2) is 5.78 Å². The topological polar surface area (TPSA) is 83.6 Å². The molecule has 5 rings (SSSR count). The number of aromatic nitrogens is 4. The Kier molecular flexibility index (Phi) is 4.71. The number of fused-ring (bicyclic) bond motifs is 1. The van der Waals surface area contributed by atoms with Crippen LogP contribution in [0, 0.1) is 17.8 Å². The molecule has 0 unspecified atom stereocenters. The van der Waals surface area contributed by atoms with Crippen LogP contribution in [0.1, 0.15) is 54.2 Å². The van der Waals surface area contributed by atoms with Crippen LogP contribution >= 0.6 is 0 Å². The van der Waals surface area contributed by atoms with E-state index in [4.69, 9.17) is 0 Å². The lowest BCUT2D eigenvalue weighted by atomic mass is 9.78. The molecule has 3 heterocycles. The summed E-state index contributed by atoms with van der Waals surface area (Å²) in [5, 5.41) is 3.86. The van der Waals surface area contributed by atoms with Gasteiger partial charge in [-0.2, -0.15) is 4.39 Å². The predicted octanol–water partition coefficient (Wildman–Crippen LogP) is 4.52. The molecule has 0 bridgehead atoms. The number of hydrogen-bond donors (Lipinski definition) is 2. The molecule has 31 heavy (non-hydrogen) atoms. The molecular formula is C22H22F3N5O. The third-order valence-corrected chi connectivity index (χ3v) is 6.23. The number of H-pyrrole nitrogens is 1. The summed E-state index contributed by atoms with van der Waals surface area (Å²) in [6, 6.07) is 3.11. The second kappa shape index (κ2) is 7.32. The zero-order valence-corrected chi connectivity index (χ0v) is 17.0. The van der Waals surface area contributed by atoms with Gasteiger partial charge in [-0.15, -0.1) is 0 Å². The third kappa shape index (κ3) is 3.88. The minimum Gasteiger partial charge on any atom is -0.367 e. The second-order valence-corrected chi connectivity index (χ2v) is 8.72. The van der Waals surface area contributed by atoms with Gasteiger partial charge in [0, 0.05) is 30.8 Å². The maximum atomic E-state index is 14.7. The number of rotatable bonds is 7. The Morgan fingerprint density at radius 3 is 2.71 bits per heavy atom. The summed E-state index contributed by atoms with van der Waals surface area (Å²) in [4.78, 5) is 28.4. The fourth-order valence-corrected chi connectivity index (χ4v) is 4.31. The molecule has 2 aliphatic rings. The van der Waals surface area contributed by atoms with Crippen molar-refractivity contribution in [3.05, 3.63) is 47.4 Å². The van der Waals surface area contributed by atoms with E-state index in [1.165, 1.54) is 24.7 Å². The van der Waals surface area contributed by atoms with Crippen molar-refractivity contribution in [2.45, 2.75) is 51.0 Å². The van der Waals surface area contributed by atoms with Crippen molar-refractivity contribution >= 4 is 22.6 Å². The van der Waals surface area contributed by atoms with E-state index in [9.17, 15) is 18.0 Å². The van der Waals surface area contributed by atoms with Crippen molar-refractivity contribution in [3.8, 4) is 0 Å². The number of carbonyl (C=O) groups is 1. The van der Waals surface area contributed by atoms with Crippen molar-refractivity contribution in [3.63, 3.8) is 0 Å². The molecule has 3 aromatic rings. The van der Waals surface area contributed by atoms with E-state index < -0.39 is 17.7 Å². The molecule has 162 valence electrons. The molecule has 0 saturated heterocycles. The molecule has 0 radical (unpaired) electrons. The molecule has 0 aliphatic heterocycles. The summed E-state index contributed by atoms with van der Waals surface area (Å²) >= 11 is 0. The highest BCUT2D eigenvalue weighted by Gasteiger charge is 2.45. The molecule has 0 amide bonds. The van der Waals surface area contributed by atoms with E-state index in [1.807, 2.05) is 0 Å². The highest BCUT2D eigenvalue weighted by molar-refractivity contribution is 6.18. The first-order valence-electron chi connectivity index (χ1n) is 10.5. The normalized spacial score (nSPS) is 19.2. The Labute approximate surface area is 176 Å². The minimum absolute atomic E-state index is 0.173. The maximum Gasteiger partial charge on any atom is 0.248 e. The van der Waals surface area contributed by atoms with Gasteiger partial charge < -0.3 is 10.3 Å². The number of nitrogens with one attached hydrogen (secondary N) is 2. The predicted molar refractivity (Wildman–Crippen MR) is 109 cm³/mol. The van der Waals surface area contributed by atoms with E-state index >= 15 is 0 Å². The zero-order chi connectivity index (χ0) is 21.8. The molecule has 2 saturated carbocycles. The molecule has 1 atom stereocenters. The minimum atomic E-state index is -2.63. The smallest absolute Gasteiger partial charge is 0.248 e. The van der Waals surface area contributed by atoms with Crippen molar-refractivity contribution in [1.82, 2.24) is 19.9 Å². The van der Waals surface area contributed by atoms with Crippen LogP contribution in [0.3, 0.4) is 0 Å². The van der Waals surface area contributed by atoms with Crippen molar-refractivity contribution < 1.29 is 18.0 Å². The lowest BCUT2D eigenvalue weighted by Crippen LogP contribution is -2.36. The van der Waals surface area contributed by atoms with Crippen LogP contribution in [-0.4, -0.2) is 37.7 Å². The van der Waals surface area contributed by atoms with Crippen LogP contribution in [-0.2, 0) is 6.42 Å². The van der Waals surface area contributed by atoms with Gasteiger partial charge in [-0.1, -0.05) is 0 Å². The van der Waals surface area contributed by atoms with Gasteiger partial charge in [0.1, 0.15) is 17.8 Å². The lowest BCUT2D eigenvalue weighted by Gasteiger charge is -2.34. The molecular weight excluding hydrogens is 407 g/mol. The quantitative estimate of drug-likeness (QED) is 0.426. The fraction of sp³-hybridized carbons (Fsp3) is 0.455. The first-order valence-corrected chi connectivity index (χ1v) is 10.5. The molecule has 0 spiro atoms. The van der Waals surface area contributed by atoms with Crippen molar-refractivity contribution in [2.75, 3.05) is 5.32 Å². The monoisotopic (exact) mass is 429 g/mol. The van der Waals surface area contributed by atoms with E-state index in [2.05, 4.69) is 32.2 Å². The number of nitrogens with zero attached hydrogens (tertiary/aromatic N) is 3. The molecule has 2 fully saturated rings. The van der Waals surface area contributed by atoms with Crippen LogP contribution in [0.2, 0.25) is 0 Å². The summed E-state index contributed by atoms with van der Waals surface area (Å²) in [5.74, 6) is -3.16. The van der Waals surface area contributed by atoms with E-state index in [-0.39, 0.29) is 42.3 Å². The Morgan fingerprint density at radius 1 is 1.26 bits per heavy atom. The summed E-state index contributed by atoms with van der Waals surface area (Å²) in [6.07, 6.45) is 5.08. The average molecular weight is 429 g/mol. The van der Waals surface area contributed by atoms with Gasteiger partial charge >= 0.3 is 0 Å². The van der Waals surface area contributed by atoms with Crippen LogP contribution in [0.25, 0.3) is 11.0 Å². The fourth-order valence-electron chi connectivity index (χ4n) is 4.31. The Hall–Kier alpha value is -2.97. The number of anilines is 1. The van der Waals surface area contributed by atoms with Crippen LogP contribution in [0.4, 0.5) is 19.0 Å². The number of carbonyl (C=O) groups excluding carboxylic acids is 1. The molecule has 3 aromatic heterocycles. The van der Waals surface area contributed by atoms with Gasteiger partial charge in [-0.3, -0.25) is 4.79 Å². The number of hydrogen-bond acceptors (Lipinski definition) is 5. The van der Waals surface area contributed by atoms with E-state index in [1.54, 1.807) is 0 Å². The third-order valence-electron chi connectivity index (χ3n) is 6.23. The van der Waals surface area contributed by atoms with Gasteiger partial charge in [0.25, 0.3) is 0 Å². The largest absolute Gasteiger partial charge is 0.367 e. The summed E-state index contributed by atoms with van der Waals surface area (Å²) in [5.41, 5.74) is 0.944. The van der Waals surface area contributed by atoms with Crippen LogP contribution in [0.15, 0.2) is 24.7 Å². The summed E-state index contributed by atoms with van der Waals surface area (Å²) in [6.45, 7) is 2.07. The van der Waals surface area contributed by atoms with Gasteiger partial charge in [0.2, 0.25) is 11.9 Å². The van der Waals surface area contributed by atoms with Gasteiger partial charge in [-0.25, -0.2) is 23.7 Å². The first kappa shape index (κ1) is 20.0. The number of halogens is 3. The first-order chi connectivity index (χ1) is 14.8. The highest BCUT2D eigenvalue weighted by atomic mass is 19.3. The Balaban J connectivity index is 1.41. The van der Waals surface area contributed by atoms with Crippen LogP contribution < -0.4 is 5.32 Å². The zero-order valence-electron chi connectivity index (χ0n) is 17.0. The van der Waals surface area contributed by atoms with Gasteiger partial charge in [-0.05, 0) is 50.2 Å². The molecule has 2 N–H and O–H groups in total. The molecule has 6 nitrogen and oxygen atoms in total. The average Bonchev–Trinajstić information content (AvgIpc) is 3.46. The number of pyridine rings is 1. The lowest BCUT2D eigenvalue weighted by molar-refractivity contribution is -0.109. The number of ketones is 1. The van der Waals surface area contributed by atoms with Crippen molar-refractivity contribution in [1.29, 1.82) is 0 Å². The van der Waals surface area contributed by atoms with Crippen LogP contribution in [0.5, 0.6) is 0 Å². The van der Waals surface area contributed by atoms with E-state index in [0.29, 0.717) is 28.5 Å². The summed E-state index contributed by atoms with van der Waals surface area (Å²) in [7, 11) is 0. The van der Waals surface area contributed by atoms with Gasteiger partial charge in [0.05, 0.1) is 16.5 Å².